The van der Waals surface area contributed by atoms with Gasteiger partial charge in [-0.15, -0.1) is 0 Å². The summed E-state index contributed by atoms with van der Waals surface area (Å²) < 4.78 is 54.6. The summed E-state index contributed by atoms with van der Waals surface area (Å²) in [5, 5.41) is 0.290. The van der Waals surface area contributed by atoms with Gasteiger partial charge in [0.2, 0.25) is 0 Å². The highest BCUT2D eigenvalue weighted by Gasteiger charge is 2.67. The molecule has 1 aromatic heterocycles. The van der Waals surface area contributed by atoms with Gasteiger partial charge >= 0.3 is 5.69 Å². The molecule has 0 radical (unpaired) electrons. The van der Waals surface area contributed by atoms with Gasteiger partial charge < -0.3 is 19.3 Å². The van der Waals surface area contributed by atoms with Crippen LogP contribution in [0, 0.1) is 6.92 Å². The highest BCUT2D eigenvalue weighted by molar-refractivity contribution is 7.90. The van der Waals surface area contributed by atoms with Gasteiger partial charge in [-0.3, -0.25) is 28.4 Å². The van der Waals surface area contributed by atoms with Crippen molar-refractivity contribution in [1.29, 1.82) is 0 Å². The molecule has 2 amide bonds. The SMILES string of the molecule is Cc1cn([C@@H]2O[C@H](CO[Si](C)(C)C(C)(C)C)[C@@]3(OS(=O)(=O)C=C3N)[C@H]2O[Si](C)(C)C(C)(C)C)c(=O)n(CCCN2C(=O)c3ccccc3C2=O)c1=O. The Bertz CT molecular complexity index is 2010. The van der Waals surface area contributed by atoms with Crippen molar-refractivity contribution in [3.63, 3.8) is 0 Å². The molecule has 1 aromatic carbocycles. The van der Waals surface area contributed by atoms with Crippen LogP contribution in [0.15, 0.2) is 51.2 Å². The molecule has 286 valence electrons. The summed E-state index contributed by atoms with van der Waals surface area (Å²) in [5.41, 5.74) is 4.07. The molecule has 0 bridgehead atoms. The lowest BCUT2D eigenvalue weighted by atomic mass is 9.89. The highest BCUT2D eigenvalue weighted by atomic mass is 32.2. The first kappa shape index (κ1) is 40.0. The van der Waals surface area contributed by atoms with Gasteiger partial charge in [-0.25, -0.2) is 8.98 Å². The van der Waals surface area contributed by atoms with Crippen molar-refractivity contribution in [1.82, 2.24) is 14.0 Å². The lowest BCUT2D eigenvalue weighted by Crippen LogP contribution is -2.59. The molecule has 4 heterocycles. The molecule has 1 fully saturated rings. The lowest BCUT2D eigenvalue weighted by molar-refractivity contribution is -0.0567. The molecule has 0 saturated carbocycles. The van der Waals surface area contributed by atoms with E-state index in [1.165, 1.54) is 10.8 Å². The van der Waals surface area contributed by atoms with Crippen LogP contribution in [0.3, 0.4) is 0 Å². The maximum absolute atomic E-state index is 14.4. The molecule has 1 saturated heterocycles. The van der Waals surface area contributed by atoms with Crippen molar-refractivity contribution in [2.45, 2.75) is 122 Å². The molecular formula is C35H52N4O10SSi2. The first-order valence-corrected chi connectivity index (χ1v) is 24.7. The Morgan fingerprint density at radius 2 is 1.46 bits per heavy atom. The second kappa shape index (κ2) is 13.3. The maximum Gasteiger partial charge on any atom is 0.333 e. The predicted octanol–water partition coefficient (Wildman–Crippen LogP) is 4.21. The fraction of sp³-hybridized carbons (Fsp3) is 0.600. The van der Waals surface area contributed by atoms with Crippen LogP contribution in [-0.4, -0.2) is 81.9 Å². The molecular weight excluding hydrogens is 725 g/mol. The summed E-state index contributed by atoms with van der Waals surface area (Å²) in [6, 6.07) is 6.53. The van der Waals surface area contributed by atoms with Crippen molar-refractivity contribution >= 4 is 38.6 Å². The molecule has 5 rings (SSSR count). The number of nitrogens with two attached hydrogens (primary N) is 1. The van der Waals surface area contributed by atoms with Gasteiger partial charge in [-0.05, 0) is 61.7 Å². The Labute approximate surface area is 307 Å². The van der Waals surface area contributed by atoms with Gasteiger partial charge in [-0.2, -0.15) is 8.42 Å². The summed E-state index contributed by atoms with van der Waals surface area (Å²) in [5.74, 6) is -0.874. The third-order valence-corrected chi connectivity index (χ3v) is 21.4. The molecule has 14 nitrogen and oxygen atoms in total. The van der Waals surface area contributed by atoms with E-state index in [9.17, 15) is 27.6 Å². The van der Waals surface area contributed by atoms with E-state index in [1.54, 1.807) is 31.2 Å². The first-order valence-electron chi connectivity index (χ1n) is 17.4. The number of amides is 2. The van der Waals surface area contributed by atoms with Crippen LogP contribution in [0.25, 0.3) is 0 Å². The first-order chi connectivity index (χ1) is 23.8. The Morgan fingerprint density at radius 3 is 1.96 bits per heavy atom. The van der Waals surface area contributed by atoms with Crippen LogP contribution in [0.1, 0.15) is 80.5 Å². The summed E-state index contributed by atoms with van der Waals surface area (Å²) in [7, 11) is -9.51. The number of hydrogen-bond acceptors (Lipinski definition) is 11. The largest absolute Gasteiger partial charge is 0.414 e. The van der Waals surface area contributed by atoms with Crippen LogP contribution in [0.4, 0.5) is 0 Å². The van der Waals surface area contributed by atoms with Crippen LogP contribution >= 0.6 is 0 Å². The summed E-state index contributed by atoms with van der Waals surface area (Å²) >= 11 is 0. The molecule has 52 heavy (non-hydrogen) atoms. The number of nitrogens with zero attached hydrogens (tertiary/aromatic N) is 3. The average molecular weight is 777 g/mol. The Hall–Kier alpha value is -3.20. The fourth-order valence-corrected chi connectivity index (χ4v) is 9.69. The number of aryl methyl sites for hydroxylation is 1. The van der Waals surface area contributed by atoms with Crippen LogP contribution in [0.5, 0.6) is 0 Å². The highest BCUT2D eigenvalue weighted by Crippen LogP contribution is 2.52. The van der Waals surface area contributed by atoms with Crippen molar-refractivity contribution in [3.05, 3.63) is 79.1 Å². The summed E-state index contributed by atoms with van der Waals surface area (Å²) in [6.07, 6.45) is -2.19. The Kier molecular flexibility index (Phi) is 10.2. The number of hydrogen-bond donors (Lipinski definition) is 1. The van der Waals surface area contributed by atoms with E-state index in [1.807, 2.05) is 47.0 Å². The van der Waals surface area contributed by atoms with E-state index < -0.39 is 73.9 Å². The van der Waals surface area contributed by atoms with Crippen molar-refractivity contribution in [2.24, 2.45) is 5.73 Å². The van der Waals surface area contributed by atoms with Crippen LogP contribution in [-0.2, 0) is 34.4 Å². The van der Waals surface area contributed by atoms with Crippen LogP contribution < -0.4 is 17.0 Å². The van der Waals surface area contributed by atoms with E-state index in [-0.39, 0.29) is 47.5 Å². The number of rotatable bonds is 10. The molecule has 1 spiro atoms. The second-order valence-corrected chi connectivity index (χ2v) is 27.9. The second-order valence-electron chi connectivity index (χ2n) is 16.9. The molecule has 17 heteroatoms. The third-order valence-electron chi connectivity index (χ3n) is 11.4. The van der Waals surface area contributed by atoms with E-state index in [0.29, 0.717) is 11.1 Å². The quantitative estimate of drug-likeness (QED) is 0.208. The normalized spacial score (nSPS) is 24.9. The zero-order valence-electron chi connectivity index (χ0n) is 31.9. The number of fused-ring (bicyclic) bond motifs is 1. The number of carbonyl (C=O) groups excluding carboxylic acids is 2. The average Bonchev–Trinajstić information content (AvgIpc) is 3.55. The Morgan fingerprint density at radius 1 is 0.904 bits per heavy atom. The zero-order chi connectivity index (χ0) is 39.0. The van der Waals surface area contributed by atoms with E-state index in [2.05, 4.69) is 20.8 Å². The molecule has 3 aliphatic rings. The third kappa shape index (κ3) is 6.84. The monoisotopic (exact) mass is 776 g/mol. The van der Waals surface area contributed by atoms with Crippen molar-refractivity contribution < 1.29 is 35.8 Å². The zero-order valence-corrected chi connectivity index (χ0v) is 34.8. The summed E-state index contributed by atoms with van der Waals surface area (Å²) in [4.78, 5) is 54.8. The molecule has 4 atom stereocenters. The lowest BCUT2D eigenvalue weighted by Gasteiger charge is -2.43. The van der Waals surface area contributed by atoms with Gasteiger partial charge in [-0.1, -0.05) is 53.7 Å². The van der Waals surface area contributed by atoms with Crippen molar-refractivity contribution in [3.8, 4) is 0 Å². The number of aromatic nitrogens is 2. The number of imide groups is 1. The van der Waals surface area contributed by atoms with Gasteiger partial charge in [0.1, 0.15) is 12.2 Å². The maximum atomic E-state index is 14.4. The standard InChI is InChI=1S/C35H52N4O10SSi2/c1-22-19-39(32(43)38(28(22)40)18-14-17-37-29(41)23-15-12-13-16-24(23)30(37)42)31-27(48-52(10,11)34(5,6)7)35(25(36)21-50(44,45)49-35)26(47-31)20-46-51(8,9)33(2,3)4/h12-13,15-16,19,21,26-27,31H,14,17-18,20,36H2,1-11H3/t26-,27+,31-,35-/m1/s1. The molecule has 0 unspecified atom stereocenters. The minimum atomic E-state index is -4.29. The van der Waals surface area contributed by atoms with Gasteiger partial charge in [0, 0.05) is 24.8 Å². The molecule has 3 aliphatic heterocycles. The number of benzene rings is 1. The summed E-state index contributed by atoms with van der Waals surface area (Å²) in [6.45, 7) is 21.6. The van der Waals surface area contributed by atoms with E-state index in [4.69, 9.17) is 23.5 Å². The fourth-order valence-electron chi connectivity index (χ4n) is 6.18. The predicted molar refractivity (Wildman–Crippen MR) is 200 cm³/mol. The van der Waals surface area contributed by atoms with E-state index in [0.717, 1.165) is 14.9 Å². The van der Waals surface area contributed by atoms with Crippen molar-refractivity contribution in [2.75, 3.05) is 13.2 Å². The number of carbonyl (C=O) groups is 2. The van der Waals surface area contributed by atoms with Gasteiger partial charge in [0.15, 0.2) is 28.5 Å². The molecule has 2 N–H and O–H groups in total. The van der Waals surface area contributed by atoms with Gasteiger partial charge in [0.25, 0.3) is 27.5 Å². The Balaban J connectivity index is 1.57. The topological polar surface area (TPSA) is 178 Å². The number of ether oxygens (including phenoxy) is 1. The molecule has 0 aliphatic carbocycles. The minimum Gasteiger partial charge on any atom is -0.414 e. The van der Waals surface area contributed by atoms with Crippen LogP contribution in [0.2, 0.25) is 36.3 Å². The van der Waals surface area contributed by atoms with Gasteiger partial charge in [0.05, 0.1) is 28.8 Å². The molecule has 2 aromatic rings. The minimum absolute atomic E-state index is 0.0216. The van der Waals surface area contributed by atoms with E-state index >= 15 is 0 Å². The smallest absolute Gasteiger partial charge is 0.333 e.